The van der Waals surface area contributed by atoms with E-state index in [-0.39, 0.29) is 18.0 Å². The van der Waals surface area contributed by atoms with Crippen molar-refractivity contribution in [2.75, 3.05) is 20.1 Å². The van der Waals surface area contributed by atoms with Gasteiger partial charge in [0.1, 0.15) is 6.26 Å². The number of aromatic nitrogens is 1. The lowest BCUT2D eigenvalue weighted by Gasteiger charge is -2.45. The number of aliphatic carboxylic acids is 1. The summed E-state index contributed by atoms with van der Waals surface area (Å²) >= 11 is 0. The number of carboxylic acid groups (broad SMARTS) is 2. The average molecular weight is 337 g/mol. The molecule has 1 atom stereocenters. The number of aromatic carboxylic acids is 1. The van der Waals surface area contributed by atoms with Crippen molar-refractivity contribution in [1.29, 1.82) is 0 Å². The number of nitrogens with zero attached hydrogens (tertiary/aromatic N) is 3. The lowest BCUT2D eigenvalue weighted by Crippen LogP contribution is -2.55. The topological polar surface area (TPSA) is 124 Å². The van der Waals surface area contributed by atoms with Crippen molar-refractivity contribution in [3.8, 4) is 0 Å². The summed E-state index contributed by atoms with van der Waals surface area (Å²) in [6, 6.07) is 0. The minimum absolute atomic E-state index is 0.0492. The minimum atomic E-state index is -1.14. The predicted molar refractivity (Wildman–Crippen MR) is 79.2 cm³/mol. The molecule has 2 fully saturated rings. The summed E-state index contributed by atoms with van der Waals surface area (Å²) in [6.45, 7) is 1.54. The largest absolute Gasteiger partial charge is 0.481 e. The van der Waals surface area contributed by atoms with Crippen LogP contribution in [0.15, 0.2) is 10.7 Å². The standard InChI is InChI=1S/C15H19N3O6/c1-17-12(19)6-9(13(20)21)15(17)2-4-18(5-3-15)7-11-16-10(8-24-11)14(22)23/h8-9H,2-7H2,1H3,(H,20,21)(H,22,23)/t9-/m1/s1. The lowest BCUT2D eigenvalue weighted by atomic mass is 9.77. The van der Waals surface area contributed by atoms with Crippen LogP contribution in [0.1, 0.15) is 35.6 Å². The zero-order valence-electron chi connectivity index (χ0n) is 13.3. The van der Waals surface area contributed by atoms with Gasteiger partial charge in [0.25, 0.3) is 0 Å². The Bertz CT molecular complexity index is 677. The van der Waals surface area contributed by atoms with Crippen LogP contribution in [0.3, 0.4) is 0 Å². The number of likely N-dealkylation sites (tertiary alicyclic amines) is 2. The monoisotopic (exact) mass is 337 g/mol. The third kappa shape index (κ3) is 2.64. The molecule has 9 nitrogen and oxygen atoms in total. The van der Waals surface area contributed by atoms with Gasteiger partial charge in [0.15, 0.2) is 5.69 Å². The predicted octanol–water partition coefficient (Wildman–Crippen LogP) is 0.270. The van der Waals surface area contributed by atoms with Gasteiger partial charge in [0.2, 0.25) is 11.8 Å². The van der Waals surface area contributed by atoms with E-state index in [2.05, 4.69) is 4.98 Å². The number of amides is 1. The lowest BCUT2D eigenvalue weighted by molar-refractivity contribution is -0.146. The molecular weight excluding hydrogens is 318 g/mol. The maximum atomic E-state index is 12.0. The summed E-state index contributed by atoms with van der Waals surface area (Å²) in [6.07, 6.45) is 2.26. The van der Waals surface area contributed by atoms with Crippen molar-refractivity contribution in [2.45, 2.75) is 31.3 Å². The van der Waals surface area contributed by atoms with E-state index in [9.17, 15) is 19.5 Å². The Labute approximate surface area is 137 Å². The third-order valence-electron chi connectivity index (χ3n) is 5.22. The van der Waals surface area contributed by atoms with E-state index in [0.717, 1.165) is 6.26 Å². The molecule has 0 aromatic carbocycles. The first-order chi connectivity index (χ1) is 11.3. The Hall–Kier alpha value is -2.42. The first kappa shape index (κ1) is 16.4. The van der Waals surface area contributed by atoms with Gasteiger partial charge < -0.3 is 19.5 Å². The van der Waals surface area contributed by atoms with E-state index in [1.807, 2.05) is 4.90 Å². The Morgan fingerprint density at radius 1 is 1.38 bits per heavy atom. The van der Waals surface area contributed by atoms with Gasteiger partial charge in [-0.1, -0.05) is 0 Å². The van der Waals surface area contributed by atoms with Crippen LogP contribution in [0.4, 0.5) is 0 Å². The summed E-state index contributed by atoms with van der Waals surface area (Å²) in [4.78, 5) is 41.8. The number of carboxylic acids is 2. The first-order valence-corrected chi connectivity index (χ1v) is 7.73. The zero-order chi connectivity index (χ0) is 17.5. The fourth-order valence-corrected chi connectivity index (χ4v) is 3.76. The van der Waals surface area contributed by atoms with E-state index in [1.165, 1.54) is 0 Å². The molecule has 2 aliphatic heterocycles. The maximum absolute atomic E-state index is 12.0. The van der Waals surface area contributed by atoms with Crippen molar-refractivity contribution in [3.63, 3.8) is 0 Å². The van der Waals surface area contributed by atoms with Crippen molar-refractivity contribution < 1.29 is 29.0 Å². The van der Waals surface area contributed by atoms with E-state index in [4.69, 9.17) is 9.52 Å². The van der Waals surface area contributed by atoms with Gasteiger partial charge in [-0.2, -0.15) is 0 Å². The molecule has 0 aliphatic carbocycles. The van der Waals surface area contributed by atoms with Crippen molar-refractivity contribution >= 4 is 17.8 Å². The molecule has 3 rings (SSSR count). The highest BCUT2D eigenvalue weighted by Crippen LogP contribution is 2.42. The van der Waals surface area contributed by atoms with Crippen LogP contribution < -0.4 is 0 Å². The molecule has 130 valence electrons. The summed E-state index contributed by atoms with van der Waals surface area (Å²) in [7, 11) is 1.67. The first-order valence-electron chi connectivity index (χ1n) is 7.73. The van der Waals surface area contributed by atoms with Crippen LogP contribution in [-0.2, 0) is 16.1 Å². The highest BCUT2D eigenvalue weighted by molar-refractivity contribution is 5.88. The SMILES string of the molecule is CN1C(=O)C[C@H](C(=O)O)C12CCN(Cc1nc(C(=O)O)co1)CC2. The smallest absolute Gasteiger partial charge is 0.357 e. The van der Waals surface area contributed by atoms with Crippen molar-refractivity contribution in [3.05, 3.63) is 17.8 Å². The molecule has 2 aliphatic rings. The van der Waals surface area contributed by atoms with Gasteiger partial charge in [-0.3, -0.25) is 14.5 Å². The molecule has 2 N–H and O–H groups in total. The quantitative estimate of drug-likeness (QED) is 0.802. The minimum Gasteiger partial charge on any atom is -0.481 e. The molecule has 0 radical (unpaired) electrons. The Morgan fingerprint density at radius 3 is 2.58 bits per heavy atom. The highest BCUT2D eigenvalue weighted by Gasteiger charge is 2.55. The van der Waals surface area contributed by atoms with E-state index in [1.54, 1.807) is 11.9 Å². The average Bonchev–Trinajstić information content (AvgIpc) is 3.09. The Balaban J connectivity index is 1.67. The number of hydrogen-bond acceptors (Lipinski definition) is 6. The van der Waals surface area contributed by atoms with Gasteiger partial charge in [-0.05, 0) is 12.8 Å². The summed E-state index contributed by atoms with van der Waals surface area (Å²) in [5.41, 5.74) is -0.770. The van der Waals surface area contributed by atoms with E-state index < -0.39 is 23.4 Å². The van der Waals surface area contributed by atoms with Crippen LogP contribution in [0.5, 0.6) is 0 Å². The molecule has 3 heterocycles. The highest BCUT2D eigenvalue weighted by atomic mass is 16.4. The van der Waals surface area contributed by atoms with Crippen LogP contribution in [0.2, 0.25) is 0 Å². The molecule has 2 saturated heterocycles. The maximum Gasteiger partial charge on any atom is 0.357 e. The second kappa shape index (κ2) is 5.90. The molecule has 0 unspecified atom stereocenters. The van der Waals surface area contributed by atoms with Gasteiger partial charge in [-0.25, -0.2) is 9.78 Å². The van der Waals surface area contributed by atoms with E-state index in [0.29, 0.717) is 38.4 Å². The Morgan fingerprint density at radius 2 is 2.04 bits per heavy atom. The van der Waals surface area contributed by atoms with Crippen LogP contribution in [0.25, 0.3) is 0 Å². The number of hydrogen-bond donors (Lipinski definition) is 2. The Kier molecular flexibility index (Phi) is 4.04. The number of carbonyl (C=O) groups excluding carboxylic acids is 1. The van der Waals surface area contributed by atoms with Gasteiger partial charge in [0.05, 0.1) is 18.0 Å². The van der Waals surface area contributed by atoms with Crippen molar-refractivity contribution in [2.24, 2.45) is 5.92 Å². The number of oxazole rings is 1. The zero-order valence-corrected chi connectivity index (χ0v) is 13.3. The third-order valence-corrected chi connectivity index (χ3v) is 5.22. The van der Waals surface area contributed by atoms with Crippen LogP contribution in [0, 0.1) is 5.92 Å². The fraction of sp³-hybridized carbons (Fsp3) is 0.600. The molecule has 9 heteroatoms. The second-order valence-corrected chi connectivity index (χ2v) is 6.36. The normalized spacial score (nSPS) is 23.8. The molecule has 1 aromatic heterocycles. The summed E-state index contributed by atoms with van der Waals surface area (Å²) in [5, 5.41) is 18.3. The molecular formula is C15H19N3O6. The van der Waals surface area contributed by atoms with Gasteiger partial charge in [-0.15, -0.1) is 0 Å². The summed E-state index contributed by atoms with van der Waals surface area (Å²) < 4.78 is 5.15. The molecule has 1 spiro atoms. The molecule has 1 aromatic rings. The molecule has 0 bridgehead atoms. The number of rotatable bonds is 4. The van der Waals surface area contributed by atoms with E-state index >= 15 is 0 Å². The summed E-state index contributed by atoms with van der Waals surface area (Å²) in [5.74, 6) is -2.57. The molecule has 0 saturated carbocycles. The number of piperidine rings is 1. The number of carbonyl (C=O) groups is 3. The molecule has 24 heavy (non-hydrogen) atoms. The van der Waals surface area contributed by atoms with Gasteiger partial charge in [0, 0.05) is 26.6 Å². The molecule has 1 amide bonds. The van der Waals surface area contributed by atoms with Crippen molar-refractivity contribution in [1.82, 2.24) is 14.8 Å². The van der Waals surface area contributed by atoms with Crippen LogP contribution >= 0.6 is 0 Å². The second-order valence-electron chi connectivity index (χ2n) is 6.36. The fourth-order valence-electron chi connectivity index (χ4n) is 3.76. The van der Waals surface area contributed by atoms with Crippen LogP contribution in [-0.4, -0.2) is 68.5 Å². The van der Waals surface area contributed by atoms with Gasteiger partial charge >= 0.3 is 11.9 Å².